The zero-order chi connectivity index (χ0) is 21.5. The minimum absolute atomic E-state index is 0.227. The van der Waals surface area contributed by atoms with Gasteiger partial charge in [-0.2, -0.15) is 0 Å². The lowest BCUT2D eigenvalue weighted by molar-refractivity contribution is -0.116. The molecule has 0 aliphatic rings. The summed E-state index contributed by atoms with van der Waals surface area (Å²) < 4.78 is 11.3. The van der Waals surface area contributed by atoms with Crippen molar-refractivity contribution < 1.29 is 19.1 Å². The Bertz CT molecular complexity index is 1110. The summed E-state index contributed by atoms with van der Waals surface area (Å²) in [4.78, 5) is 40.9. The van der Waals surface area contributed by atoms with Gasteiger partial charge in [0.1, 0.15) is 12.3 Å². The lowest BCUT2D eigenvalue weighted by Crippen LogP contribution is -2.28. The third-order valence-corrected chi connectivity index (χ3v) is 4.26. The molecule has 1 heterocycles. The Balaban J connectivity index is 1.73. The van der Waals surface area contributed by atoms with E-state index in [0.29, 0.717) is 18.0 Å². The molecule has 0 radical (unpaired) electrons. The molecule has 30 heavy (non-hydrogen) atoms. The van der Waals surface area contributed by atoms with Crippen LogP contribution >= 0.6 is 0 Å². The van der Waals surface area contributed by atoms with Gasteiger partial charge >= 0.3 is 5.97 Å². The summed E-state index contributed by atoms with van der Waals surface area (Å²) >= 11 is 0. The zero-order valence-electron chi connectivity index (χ0n) is 16.6. The fourth-order valence-corrected chi connectivity index (χ4v) is 2.82. The number of para-hydroxylation sites is 1. The van der Waals surface area contributed by atoms with Crippen LogP contribution in [0.1, 0.15) is 17.3 Å². The van der Waals surface area contributed by atoms with E-state index in [1.807, 2.05) is 19.1 Å². The Kier molecular flexibility index (Phi) is 6.59. The summed E-state index contributed by atoms with van der Waals surface area (Å²) in [7, 11) is 1.26. The van der Waals surface area contributed by atoms with Gasteiger partial charge in [-0.15, -0.1) is 0 Å². The number of carbonyl (C=O) groups excluding carboxylic acids is 2. The van der Waals surface area contributed by atoms with E-state index in [0.717, 1.165) is 11.3 Å². The monoisotopic (exact) mass is 407 g/mol. The summed E-state index contributed by atoms with van der Waals surface area (Å²) in [5, 5.41) is 2.62. The molecule has 1 N–H and O–H groups in total. The Morgan fingerprint density at radius 3 is 2.50 bits per heavy atom. The second kappa shape index (κ2) is 9.51. The van der Waals surface area contributed by atoms with Gasteiger partial charge in [0.25, 0.3) is 5.56 Å². The molecule has 3 rings (SSSR count). The maximum atomic E-state index is 12.4. The molecule has 1 aromatic heterocycles. The molecule has 0 aliphatic heterocycles. The molecule has 0 fully saturated rings. The van der Waals surface area contributed by atoms with Crippen LogP contribution in [0.25, 0.3) is 11.3 Å². The van der Waals surface area contributed by atoms with E-state index >= 15 is 0 Å². The maximum absolute atomic E-state index is 12.4. The highest BCUT2D eigenvalue weighted by Gasteiger charge is 2.14. The number of methoxy groups -OCH3 is 1. The van der Waals surface area contributed by atoms with Gasteiger partial charge in [0.05, 0.1) is 37.0 Å². The lowest BCUT2D eigenvalue weighted by Gasteiger charge is -2.11. The number of hydrogen-bond donors (Lipinski definition) is 1. The molecular weight excluding hydrogens is 386 g/mol. The average molecular weight is 407 g/mol. The van der Waals surface area contributed by atoms with Crippen molar-refractivity contribution in [2.24, 2.45) is 0 Å². The molecule has 0 saturated carbocycles. The first-order chi connectivity index (χ1) is 14.5. The summed E-state index contributed by atoms with van der Waals surface area (Å²) in [5.41, 5.74) is 1.42. The van der Waals surface area contributed by atoms with Crippen LogP contribution in [-0.2, 0) is 16.1 Å². The van der Waals surface area contributed by atoms with Crippen LogP contribution in [-0.4, -0.2) is 35.1 Å². The molecule has 0 unspecified atom stereocenters. The normalized spacial score (nSPS) is 10.3. The van der Waals surface area contributed by atoms with Crippen LogP contribution in [0.3, 0.4) is 0 Å². The standard InChI is InChI=1S/C22H21N3O5/c1-3-30-16-10-8-15(9-11-16)19-12-21(27)25(14-23-19)13-20(26)24-18-7-5-4-6-17(18)22(28)29-2/h4-12,14H,3,13H2,1-2H3,(H,24,26). The van der Waals surface area contributed by atoms with Gasteiger partial charge < -0.3 is 14.8 Å². The predicted octanol–water partition coefficient (Wildman–Crippen LogP) is 2.73. The van der Waals surface area contributed by atoms with E-state index in [2.05, 4.69) is 10.3 Å². The molecule has 154 valence electrons. The van der Waals surface area contributed by atoms with E-state index in [1.165, 1.54) is 24.1 Å². The maximum Gasteiger partial charge on any atom is 0.339 e. The number of nitrogens with one attached hydrogen (secondary N) is 1. The second-order valence-electron chi connectivity index (χ2n) is 6.28. The minimum Gasteiger partial charge on any atom is -0.494 e. The Morgan fingerprint density at radius 1 is 1.10 bits per heavy atom. The van der Waals surface area contributed by atoms with Crippen molar-refractivity contribution in [3.8, 4) is 17.0 Å². The first kappa shape index (κ1) is 20.8. The summed E-state index contributed by atoms with van der Waals surface area (Å²) in [5.74, 6) is -0.299. The molecule has 3 aromatic rings. The summed E-state index contributed by atoms with van der Waals surface area (Å²) in [6.07, 6.45) is 1.32. The fourth-order valence-electron chi connectivity index (χ4n) is 2.82. The molecule has 8 heteroatoms. The molecule has 2 aromatic carbocycles. The lowest BCUT2D eigenvalue weighted by atomic mass is 10.1. The molecule has 0 atom stereocenters. The predicted molar refractivity (Wildman–Crippen MR) is 112 cm³/mol. The number of rotatable bonds is 7. The van der Waals surface area contributed by atoms with Crippen molar-refractivity contribution >= 4 is 17.6 Å². The molecule has 0 saturated heterocycles. The number of aromatic nitrogens is 2. The highest BCUT2D eigenvalue weighted by Crippen LogP contribution is 2.19. The molecule has 1 amide bonds. The Labute approximate surface area is 173 Å². The van der Waals surface area contributed by atoms with Crippen molar-refractivity contribution in [1.82, 2.24) is 9.55 Å². The van der Waals surface area contributed by atoms with Gasteiger partial charge in [-0.3, -0.25) is 14.2 Å². The van der Waals surface area contributed by atoms with Crippen LogP contribution in [0.4, 0.5) is 5.69 Å². The van der Waals surface area contributed by atoms with Crippen molar-refractivity contribution in [2.75, 3.05) is 19.0 Å². The van der Waals surface area contributed by atoms with Gasteiger partial charge in [0.2, 0.25) is 5.91 Å². The Hall–Kier alpha value is -3.94. The number of benzene rings is 2. The van der Waals surface area contributed by atoms with Crippen LogP contribution in [0.5, 0.6) is 5.75 Å². The largest absolute Gasteiger partial charge is 0.494 e. The van der Waals surface area contributed by atoms with E-state index in [1.54, 1.807) is 36.4 Å². The smallest absolute Gasteiger partial charge is 0.339 e. The number of esters is 1. The van der Waals surface area contributed by atoms with Gasteiger partial charge in [-0.1, -0.05) is 12.1 Å². The molecular formula is C22H21N3O5. The Morgan fingerprint density at radius 2 is 1.83 bits per heavy atom. The van der Waals surface area contributed by atoms with Crippen LogP contribution in [0.15, 0.2) is 65.7 Å². The van der Waals surface area contributed by atoms with Gasteiger partial charge in [0.15, 0.2) is 0 Å². The van der Waals surface area contributed by atoms with Crippen molar-refractivity contribution in [3.05, 3.63) is 76.8 Å². The average Bonchev–Trinajstić information content (AvgIpc) is 2.76. The first-order valence-corrected chi connectivity index (χ1v) is 9.28. The molecule has 0 spiro atoms. The van der Waals surface area contributed by atoms with E-state index < -0.39 is 11.9 Å². The topological polar surface area (TPSA) is 99.5 Å². The van der Waals surface area contributed by atoms with E-state index in [4.69, 9.17) is 9.47 Å². The van der Waals surface area contributed by atoms with Crippen LogP contribution in [0.2, 0.25) is 0 Å². The minimum atomic E-state index is -0.565. The van der Waals surface area contributed by atoms with Crippen LogP contribution < -0.4 is 15.6 Å². The van der Waals surface area contributed by atoms with Gasteiger partial charge in [-0.25, -0.2) is 9.78 Å². The van der Waals surface area contributed by atoms with Crippen molar-refractivity contribution in [1.29, 1.82) is 0 Å². The highest BCUT2D eigenvalue weighted by molar-refractivity contribution is 6.01. The van der Waals surface area contributed by atoms with E-state index in [-0.39, 0.29) is 17.7 Å². The van der Waals surface area contributed by atoms with Gasteiger partial charge in [-0.05, 0) is 43.3 Å². The number of amides is 1. The number of anilines is 1. The molecule has 8 nitrogen and oxygen atoms in total. The van der Waals surface area contributed by atoms with Crippen molar-refractivity contribution in [2.45, 2.75) is 13.5 Å². The number of hydrogen-bond acceptors (Lipinski definition) is 6. The van der Waals surface area contributed by atoms with Crippen molar-refractivity contribution in [3.63, 3.8) is 0 Å². The zero-order valence-corrected chi connectivity index (χ0v) is 16.6. The highest BCUT2D eigenvalue weighted by atomic mass is 16.5. The van der Waals surface area contributed by atoms with E-state index in [9.17, 15) is 14.4 Å². The first-order valence-electron chi connectivity index (χ1n) is 9.28. The third kappa shape index (κ3) is 4.91. The molecule has 0 aliphatic carbocycles. The van der Waals surface area contributed by atoms with Crippen LogP contribution in [0, 0.1) is 0 Å². The summed E-state index contributed by atoms with van der Waals surface area (Å²) in [6.45, 7) is 2.23. The third-order valence-electron chi connectivity index (χ3n) is 4.26. The SMILES string of the molecule is CCOc1ccc(-c2cc(=O)n(CC(=O)Nc3ccccc3C(=O)OC)cn2)cc1. The summed E-state index contributed by atoms with van der Waals surface area (Å²) in [6, 6.07) is 15.1. The molecule has 0 bridgehead atoms. The number of nitrogens with zero attached hydrogens (tertiary/aromatic N) is 2. The fraction of sp³-hybridized carbons (Fsp3) is 0.182. The second-order valence-corrected chi connectivity index (χ2v) is 6.28. The number of carbonyl (C=O) groups is 2. The quantitative estimate of drug-likeness (QED) is 0.605. The van der Waals surface area contributed by atoms with Gasteiger partial charge in [0, 0.05) is 11.6 Å². The number of ether oxygens (including phenoxy) is 2.